The van der Waals surface area contributed by atoms with Crippen LogP contribution < -0.4 is 0 Å². The van der Waals surface area contributed by atoms with Gasteiger partial charge in [0.05, 0.1) is 23.3 Å². The molecule has 0 radical (unpaired) electrons. The van der Waals surface area contributed by atoms with Crippen molar-refractivity contribution in [1.82, 2.24) is 19.3 Å². The highest BCUT2D eigenvalue weighted by Crippen LogP contribution is 2.38. The first-order chi connectivity index (χ1) is 12.8. The van der Waals surface area contributed by atoms with E-state index >= 15 is 0 Å². The lowest BCUT2D eigenvalue weighted by Crippen LogP contribution is -2.32. The van der Waals surface area contributed by atoms with E-state index in [-0.39, 0.29) is 0 Å². The van der Waals surface area contributed by atoms with Crippen molar-refractivity contribution in [3.05, 3.63) is 35.6 Å². The second-order valence-corrected chi connectivity index (χ2v) is 7.91. The summed E-state index contributed by atoms with van der Waals surface area (Å²) < 4.78 is 7.90. The Kier molecular flexibility index (Phi) is 4.29. The molecular weight excluding hydrogens is 324 g/mol. The van der Waals surface area contributed by atoms with Crippen LogP contribution >= 0.6 is 0 Å². The fraction of sp³-hybridized carbons (Fsp3) is 0.619. The lowest BCUT2D eigenvalue weighted by molar-refractivity contribution is 0.0807. The number of rotatable bonds is 3. The highest BCUT2D eigenvalue weighted by molar-refractivity contribution is 5.73. The summed E-state index contributed by atoms with van der Waals surface area (Å²) in [6, 6.07) is 0. The first-order valence-corrected chi connectivity index (χ1v) is 10.2. The summed E-state index contributed by atoms with van der Waals surface area (Å²) in [6.45, 7) is 7.56. The van der Waals surface area contributed by atoms with Gasteiger partial charge in [-0.2, -0.15) is 0 Å². The van der Waals surface area contributed by atoms with E-state index in [0.717, 1.165) is 44.7 Å². The van der Waals surface area contributed by atoms with Gasteiger partial charge in [0.2, 0.25) is 0 Å². The minimum atomic E-state index is 0.588. The third kappa shape index (κ3) is 2.78. The number of nitrogens with zero attached hydrogens (tertiary/aromatic N) is 4. The zero-order valence-corrected chi connectivity index (χ0v) is 15.7. The van der Waals surface area contributed by atoms with Crippen LogP contribution in [0.4, 0.5) is 0 Å². The van der Waals surface area contributed by atoms with Gasteiger partial charge in [0, 0.05) is 31.7 Å². The Balaban J connectivity index is 1.47. The van der Waals surface area contributed by atoms with Crippen LogP contribution in [0.1, 0.15) is 55.6 Å². The lowest BCUT2D eigenvalue weighted by atomic mass is 9.90. The molecule has 5 heteroatoms. The van der Waals surface area contributed by atoms with E-state index in [4.69, 9.17) is 14.7 Å². The third-order valence-corrected chi connectivity index (χ3v) is 6.50. The molecule has 3 aliphatic rings. The van der Waals surface area contributed by atoms with Gasteiger partial charge in [0.1, 0.15) is 0 Å². The van der Waals surface area contributed by atoms with Crippen molar-refractivity contribution in [3.8, 4) is 0 Å². The summed E-state index contributed by atoms with van der Waals surface area (Å²) >= 11 is 0. The molecule has 0 spiro atoms. The normalized spacial score (nSPS) is 22.7. The summed E-state index contributed by atoms with van der Waals surface area (Å²) in [5.41, 5.74) is 6.28. The smallest absolute Gasteiger partial charge is 0.156 e. The van der Waals surface area contributed by atoms with Gasteiger partial charge in [-0.25, -0.2) is 4.98 Å². The van der Waals surface area contributed by atoms with Gasteiger partial charge in [-0.15, -0.1) is 0 Å². The molecule has 0 unspecified atom stereocenters. The minimum Gasteiger partial charge on any atom is -0.381 e. The van der Waals surface area contributed by atoms with Gasteiger partial charge in [-0.05, 0) is 56.8 Å². The molecule has 2 aromatic rings. The van der Waals surface area contributed by atoms with E-state index in [1.165, 1.54) is 48.6 Å². The van der Waals surface area contributed by atoms with Crippen LogP contribution in [-0.4, -0.2) is 52.1 Å². The first-order valence-electron chi connectivity index (χ1n) is 10.2. The van der Waals surface area contributed by atoms with Gasteiger partial charge < -0.3 is 9.64 Å². The van der Waals surface area contributed by atoms with Crippen LogP contribution in [0, 0.1) is 5.92 Å². The lowest BCUT2D eigenvalue weighted by Gasteiger charge is -2.30. The fourth-order valence-corrected chi connectivity index (χ4v) is 4.89. The molecule has 138 valence electrons. The predicted octanol–water partition coefficient (Wildman–Crippen LogP) is 3.29. The summed E-state index contributed by atoms with van der Waals surface area (Å²) in [5, 5.41) is 0. The maximum absolute atomic E-state index is 5.57. The molecule has 0 atom stereocenters. The van der Waals surface area contributed by atoms with Crippen molar-refractivity contribution < 1.29 is 4.74 Å². The van der Waals surface area contributed by atoms with Crippen molar-refractivity contribution in [2.24, 2.45) is 5.92 Å². The van der Waals surface area contributed by atoms with E-state index in [1.807, 2.05) is 6.20 Å². The molecule has 0 aromatic carbocycles. The van der Waals surface area contributed by atoms with Crippen LogP contribution in [0.15, 0.2) is 18.5 Å². The topological polar surface area (TPSA) is 42.7 Å². The van der Waals surface area contributed by atoms with Gasteiger partial charge >= 0.3 is 0 Å². The molecule has 5 rings (SSSR count). The Bertz CT molecular complexity index is 826. The number of allylic oxidation sites excluding steroid dienone is 2. The number of hydrogen-bond donors (Lipinski definition) is 0. The summed E-state index contributed by atoms with van der Waals surface area (Å²) in [5.74, 6) is 1.20. The predicted molar refractivity (Wildman–Crippen MR) is 102 cm³/mol. The minimum absolute atomic E-state index is 0.588. The standard InChI is InChI=1S/C21H28N4O/c1-2-24-9-5-16(6-10-24)19-14-25-20(23-19)13-22-18-4-3-17(21(18)25)15-7-11-26-12-8-15/h3,13-16H,2,4-12H2,1H3. The average Bonchev–Trinajstić information content (AvgIpc) is 3.32. The van der Waals surface area contributed by atoms with Crippen LogP contribution in [0.3, 0.4) is 0 Å². The van der Waals surface area contributed by atoms with Crippen molar-refractivity contribution in [3.63, 3.8) is 0 Å². The Hall–Kier alpha value is -1.72. The number of aromatic nitrogens is 3. The summed E-state index contributed by atoms with van der Waals surface area (Å²) in [6.07, 6.45) is 12.3. The number of ether oxygens (including phenoxy) is 1. The van der Waals surface area contributed by atoms with E-state index in [2.05, 4.69) is 28.5 Å². The van der Waals surface area contributed by atoms with Gasteiger partial charge in [0.15, 0.2) is 5.65 Å². The number of likely N-dealkylation sites (tertiary alicyclic amines) is 1. The quantitative estimate of drug-likeness (QED) is 0.850. The highest BCUT2D eigenvalue weighted by atomic mass is 16.5. The molecule has 0 amide bonds. The zero-order chi connectivity index (χ0) is 17.5. The Morgan fingerprint density at radius 2 is 1.92 bits per heavy atom. The fourth-order valence-electron chi connectivity index (χ4n) is 4.89. The Morgan fingerprint density at radius 1 is 1.12 bits per heavy atom. The molecule has 1 aliphatic carbocycles. The Labute approximate surface area is 155 Å². The van der Waals surface area contributed by atoms with E-state index in [1.54, 1.807) is 0 Å². The van der Waals surface area contributed by atoms with E-state index < -0.39 is 0 Å². The number of imidazole rings is 1. The second-order valence-electron chi connectivity index (χ2n) is 7.91. The molecule has 2 aliphatic heterocycles. The molecule has 4 heterocycles. The SMILES string of the molecule is CCN1CCC(c2cn3c4c(ncc3n2)CC=C4C2CCOCC2)CC1. The van der Waals surface area contributed by atoms with Crippen LogP contribution in [-0.2, 0) is 11.2 Å². The summed E-state index contributed by atoms with van der Waals surface area (Å²) in [7, 11) is 0. The number of fused-ring (bicyclic) bond motifs is 3. The molecule has 2 fully saturated rings. The Morgan fingerprint density at radius 3 is 2.69 bits per heavy atom. The maximum atomic E-state index is 5.57. The molecule has 0 N–H and O–H groups in total. The van der Waals surface area contributed by atoms with Gasteiger partial charge in [-0.1, -0.05) is 13.0 Å². The third-order valence-electron chi connectivity index (χ3n) is 6.50. The van der Waals surface area contributed by atoms with Crippen LogP contribution in [0.2, 0.25) is 0 Å². The maximum Gasteiger partial charge on any atom is 0.156 e. The largest absolute Gasteiger partial charge is 0.381 e. The van der Waals surface area contributed by atoms with Crippen molar-refractivity contribution in [2.45, 2.75) is 44.9 Å². The molecule has 0 bridgehead atoms. The van der Waals surface area contributed by atoms with Crippen molar-refractivity contribution in [2.75, 3.05) is 32.8 Å². The van der Waals surface area contributed by atoms with Crippen molar-refractivity contribution >= 4 is 11.2 Å². The van der Waals surface area contributed by atoms with E-state index in [0.29, 0.717) is 11.8 Å². The van der Waals surface area contributed by atoms with Crippen molar-refractivity contribution in [1.29, 1.82) is 0 Å². The molecule has 2 aromatic heterocycles. The average molecular weight is 352 g/mol. The van der Waals surface area contributed by atoms with E-state index in [9.17, 15) is 0 Å². The van der Waals surface area contributed by atoms with Crippen LogP contribution in [0.25, 0.3) is 11.2 Å². The van der Waals surface area contributed by atoms with Gasteiger partial charge in [-0.3, -0.25) is 9.38 Å². The number of piperidine rings is 1. The zero-order valence-electron chi connectivity index (χ0n) is 15.7. The highest BCUT2D eigenvalue weighted by Gasteiger charge is 2.28. The molecule has 5 nitrogen and oxygen atoms in total. The van der Waals surface area contributed by atoms with Crippen LogP contribution in [0.5, 0.6) is 0 Å². The first kappa shape index (κ1) is 16.5. The molecular formula is C21H28N4O. The monoisotopic (exact) mass is 352 g/mol. The number of hydrogen-bond acceptors (Lipinski definition) is 4. The molecule has 0 saturated carbocycles. The molecule has 26 heavy (non-hydrogen) atoms. The second kappa shape index (κ2) is 6.78. The summed E-state index contributed by atoms with van der Waals surface area (Å²) in [4.78, 5) is 12.3. The molecule has 2 saturated heterocycles. The van der Waals surface area contributed by atoms with Gasteiger partial charge in [0.25, 0.3) is 0 Å².